The molecule has 2 heterocycles. The highest BCUT2D eigenvalue weighted by Crippen LogP contribution is 2.41. The maximum atomic E-state index is 12.7. The normalized spacial score (nSPS) is 14.1. The van der Waals surface area contributed by atoms with Gasteiger partial charge in [0.05, 0.1) is 15.9 Å². The van der Waals surface area contributed by atoms with Gasteiger partial charge in [0.25, 0.3) is 5.91 Å². The number of carbonyl (C=O) groups excluding carboxylic acids is 1. The van der Waals surface area contributed by atoms with Gasteiger partial charge in [0.1, 0.15) is 10.6 Å². The second-order valence-electron chi connectivity index (χ2n) is 8.15. The van der Waals surface area contributed by atoms with Crippen molar-refractivity contribution < 1.29 is 14.3 Å². The molecule has 4 aromatic rings. The molecule has 0 unspecified atom stereocenters. The Morgan fingerprint density at radius 2 is 1.90 bits per heavy atom. The van der Waals surface area contributed by atoms with E-state index >= 15 is 0 Å². The van der Waals surface area contributed by atoms with Crippen molar-refractivity contribution in [1.29, 1.82) is 0 Å². The number of nitrogens with zero attached hydrogens (tertiary/aromatic N) is 1. The Labute approximate surface area is 184 Å². The average molecular weight is 431 g/mol. The van der Waals surface area contributed by atoms with E-state index in [0.717, 1.165) is 38.5 Å². The second kappa shape index (κ2) is 7.71. The molecule has 0 bridgehead atoms. The standard InChI is InChI=1S/C25H22N2O3S/c1-25(2)14-16-8-7-12-20(23(16)30-25)29-15-22(28)26-18-10-4-3-9-17(18)24-27-19-11-5-6-13-21(19)31-24/h3-13H,14-15H2,1-2H3,(H,26,28). The molecule has 5 nitrogen and oxygen atoms in total. The lowest BCUT2D eigenvalue weighted by molar-refractivity contribution is -0.118. The third-order valence-electron chi connectivity index (χ3n) is 5.14. The summed E-state index contributed by atoms with van der Waals surface area (Å²) in [5, 5.41) is 3.84. The van der Waals surface area contributed by atoms with Crippen LogP contribution in [0, 0.1) is 0 Å². The minimum absolute atomic E-state index is 0.103. The van der Waals surface area contributed by atoms with Crippen LogP contribution in [0.2, 0.25) is 0 Å². The SMILES string of the molecule is CC1(C)Cc2cccc(OCC(=O)Nc3ccccc3-c3nc4ccccc4s3)c2O1. The van der Waals surface area contributed by atoms with Gasteiger partial charge in [-0.2, -0.15) is 0 Å². The molecule has 1 amide bonds. The fraction of sp³-hybridized carbons (Fsp3) is 0.200. The Kier molecular flexibility index (Phi) is 4.87. The number of thiazole rings is 1. The molecule has 0 saturated heterocycles. The first-order valence-electron chi connectivity index (χ1n) is 10.2. The van der Waals surface area contributed by atoms with Gasteiger partial charge in [0.2, 0.25) is 0 Å². The summed E-state index contributed by atoms with van der Waals surface area (Å²) in [6, 6.07) is 21.5. The monoisotopic (exact) mass is 430 g/mol. The highest BCUT2D eigenvalue weighted by atomic mass is 32.1. The third kappa shape index (κ3) is 3.99. The van der Waals surface area contributed by atoms with Crippen molar-refractivity contribution >= 4 is 33.1 Å². The lowest BCUT2D eigenvalue weighted by Gasteiger charge is -2.18. The van der Waals surface area contributed by atoms with Crippen LogP contribution in [-0.2, 0) is 11.2 Å². The number of para-hydroxylation sites is 3. The molecule has 1 aliphatic rings. The fourth-order valence-corrected chi connectivity index (χ4v) is 4.80. The minimum Gasteiger partial charge on any atom is -0.483 e. The molecule has 0 radical (unpaired) electrons. The van der Waals surface area contributed by atoms with Crippen LogP contribution in [0.25, 0.3) is 20.8 Å². The van der Waals surface area contributed by atoms with Crippen LogP contribution < -0.4 is 14.8 Å². The quantitative estimate of drug-likeness (QED) is 0.442. The Balaban J connectivity index is 1.32. The molecule has 156 valence electrons. The first kappa shape index (κ1) is 19.6. The van der Waals surface area contributed by atoms with E-state index in [1.165, 1.54) is 0 Å². The van der Waals surface area contributed by atoms with Gasteiger partial charge in [-0.25, -0.2) is 4.98 Å². The van der Waals surface area contributed by atoms with Gasteiger partial charge < -0.3 is 14.8 Å². The maximum Gasteiger partial charge on any atom is 0.262 e. The molecule has 0 saturated carbocycles. The summed E-state index contributed by atoms with van der Waals surface area (Å²) in [6.07, 6.45) is 0.821. The molecule has 1 aliphatic heterocycles. The number of carbonyl (C=O) groups is 1. The van der Waals surface area contributed by atoms with E-state index in [4.69, 9.17) is 14.5 Å². The number of ether oxygens (including phenoxy) is 2. The van der Waals surface area contributed by atoms with Crippen molar-refractivity contribution in [2.24, 2.45) is 0 Å². The van der Waals surface area contributed by atoms with E-state index in [2.05, 4.69) is 5.32 Å². The summed E-state index contributed by atoms with van der Waals surface area (Å²) in [6.45, 7) is 3.99. The van der Waals surface area contributed by atoms with E-state index in [-0.39, 0.29) is 18.1 Å². The summed E-state index contributed by atoms with van der Waals surface area (Å²) in [4.78, 5) is 17.4. The summed E-state index contributed by atoms with van der Waals surface area (Å²) < 4.78 is 13.0. The lowest BCUT2D eigenvalue weighted by atomic mass is 10.0. The first-order valence-corrected chi connectivity index (χ1v) is 11.0. The van der Waals surface area contributed by atoms with Gasteiger partial charge in [0, 0.05) is 17.5 Å². The zero-order valence-electron chi connectivity index (χ0n) is 17.3. The predicted molar refractivity (Wildman–Crippen MR) is 124 cm³/mol. The van der Waals surface area contributed by atoms with Crippen LogP contribution in [0.5, 0.6) is 11.5 Å². The summed E-state index contributed by atoms with van der Waals surface area (Å²) in [5.41, 5.74) is 3.39. The average Bonchev–Trinajstić information content (AvgIpc) is 3.32. The largest absolute Gasteiger partial charge is 0.483 e. The van der Waals surface area contributed by atoms with E-state index < -0.39 is 0 Å². The number of benzene rings is 3. The van der Waals surface area contributed by atoms with Gasteiger partial charge in [-0.15, -0.1) is 11.3 Å². The zero-order valence-corrected chi connectivity index (χ0v) is 18.2. The van der Waals surface area contributed by atoms with E-state index in [1.807, 2.05) is 80.6 Å². The minimum atomic E-state index is -0.264. The zero-order chi connectivity index (χ0) is 21.4. The molecule has 0 fully saturated rings. The van der Waals surface area contributed by atoms with Crippen LogP contribution in [0.4, 0.5) is 5.69 Å². The number of hydrogen-bond acceptors (Lipinski definition) is 5. The van der Waals surface area contributed by atoms with Crippen molar-refractivity contribution in [3.63, 3.8) is 0 Å². The van der Waals surface area contributed by atoms with Crippen molar-refractivity contribution in [2.75, 3.05) is 11.9 Å². The van der Waals surface area contributed by atoms with Crippen molar-refractivity contribution in [3.8, 4) is 22.1 Å². The number of amides is 1. The molecule has 0 atom stereocenters. The lowest BCUT2D eigenvalue weighted by Crippen LogP contribution is -2.25. The highest BCUT2D eigenvalue weighted by molar-refractivity contribution is 7.21. The summed E-state index contributed by atoms with van der Waals surface area (Å²) in [5.74, 6) is 1.09. The maximum absolute atomic E-state index is 12.7. The molecule has 31 heavy (non-hydrogen) atoms. The number of rotatable bonds is 5. The van der Waals surface area contributed by atoms with Gasteiger partial charge in [-0.3, -0.25) is 4.79 Å². The third-order valence-corrected chi connectivity index (χ3v) is 6.21. The smallest absolute Gasteiger partial charge is 0.262 e. The molecule has 1 N–H and O–H groups in total. The summed E-state index contributed by atoms with van der Waals surface area (Å²) in [7, 11) is 0. The molecule has 6 heteroatoms. The molecular formula is C25H22N2O3S. The predicted octanol–water partition coefficient (Wildman–Crippen LogP) is 5.69. The van der Waals surface area contributed by atoms with E-state index in [1.54, 1.807) is 11.3 Å². The van der Waals surface area contributed by atoms with Crippen LogP contribution >= 0.6 is 11.3 Å². The van der Waals surface area contributed by atoms with Gasteiger partial charge in [-0.1, -0.05) is 36.4 Å². The van der Waals surface area contributed by atoms with Crippen molar-refractivity contribution in [2.45, 2.75) is 25.9 Å². The van der Waals surface area contributed by atoms with Crippen LogP contribution in [0.3, 0.4) is 0 Å². The molecule has 3 aromatic carbocycles. The molecule has 0 spiro atoms. The van der Waals surface area contributed by atoms with Crippen LogP contribution in [-0.4, -0.2) is 23.1 Å². The van der Waals surface area contributed by atoms with Crippen LogP contribution in [0.1, 0.15) is 19.4 Å². The Hall–Kier alpha value is -3.38. The Morgan fingerprint density at radius 3 is 2.77 bits per heavy atom. The summed E-state index contributed by atoms with van der Waals surface area (Å²) >= 11 is 1.60. The highest BCUT2D eigenvalue weighted by Gasteiger charge is 2.32. The van der Waals surface area contributed by atoms with Crippen molar-refractivity contribution in [3.05, 3.63) is 72.3 Å². The molecule has 0 aliphatic carbocycles. The van der Waals surface area contributed by atoms with E-state index in [9.17, 15) is 4.79 Å². The van der Waals surface area contributed by atoms with Gasteiger partial charge >= 0.3 is 0 Å². The number of nitrogens with one attached hydrogen (secondary N) is 1. The molecular weight excluding hydrogens is 408 g/mol. The topological polar surface area (TPSA) is 60.5 Å². The van der Waals surface area contributed by atoms with Gasteiger partial charge in [0.15, 0.2) is 18.1 Å². The Morgan fingerprint density at radius 1 is 1.10 bits per heavy atom. The Bertz CT molecular complexity index is 1250. The number of anilines is 1. The first-order chi connectivity index (χ1) is 15.0. The number of aromatic nitrogens is 1. The van der Waals surface area contributed by atoms with Crippen LogP contribution in [0.15, 0.2) is 66.7 Å². The molecule has 1 aromatic heterocycles. The van der Waals surface area contributed by atoms with Crippen molar-refractivity contribution in [1.82, 2.24) is 4.98 Å². The second-order valence-corrected chi connectivity index (χ2v) is 9.18. The van der Waals surface area contributed by atoms with Gasteiger partial charge in [-0.05, 0) is 44.2 Å². The molecule has 5 rings (SSSR count). The number of fused-ring (bicyclic) bond motifs is 2. The van der Waals surface area contributed by atoms with E-state index in [0.29, 0.717) is 11.4 Å². The number of hydrogen-bond donors (Lipinski definition) is 1. The fourth-order valence-electron chi connectivity index (χ4n) is 3.80.